The molecule has 5 nitrogen and oxygen atoms in total. The Balaban J connectivity index is 2.36. The van der Waals surface area contributed by atoms with Gasteiger partial charge in [-0.1, -0.05) is 31.1 Å². The largest absolute Gasteiger partial charge is 0.416 e. The summed E-state index contributed by atoms with van der Waals surface area (Å²) in [5.41, 5.74) is 1.42. The fraction of sp³-hybridized carbons (Fsp3) is 0.278. The van der Waals surface area contributed by atoms with E-state index in [4.69, 9.17) is 10.6 Å². The van der Waals surface area contributed by atoms with Gasteiger partial charge in [0.25, 0.3) is 0 Å². The summed E-state index contributed by atoms with van der Waals surface area (Å²) in [7, 11) is 0. The highest BCUT2D eigenvalue weighted by atomic mass is 19.4. The highest BCUT2D eigenvalue weighted by molar-refractivity contribution is 5.91. The zero-order chi connectivity index (χ0) is 19.3. The molecule has 0 amide bonds. The van der Waals surface area contributed by atoms with E-state index in [1.165, 1.54) is 12.3 Å². The zero-order valence-electron chi connectivity index (χ0n) is 14.3. The Morgan fingerprint density at radius 1 is 1.31 bits per heavy atom. The first kappa shape index (κ1) is 19.4. The van der Waals surface area contributed by atoms with Crippen LogP contribution in [0.15, 0.2) is 41.7 Å². The molecule has 0 aliphatic heterocycles. The van der Waals surface area contributed by atoms with Crippen LogP contribution >= 0.6 is 0 Å². The van der Waals surface area contributed by atoms with E-state index in [1.54, 1.807) is 12.1 Å². The van der Waals surface area contributed by atoms with E-state index in [0.717, 1.165) is 18.3 Å². The van der Waals surface area contributed by atoms with Crippen molar-refractivity contribution >= 4 is 17.6 Å². The molecule has 0 radical (unpaired) electrons. The summed E-state index contributed by atoms with van der Waals surface area (Å²) in [6.07, 6.45) is -1.96. The molecule has 2 aromatic rings. The molecule has 2 rings (SSSR count). The molecule has 26 heavy (non-hydrogen) atoms. The van der Waals surface area contributed by atoms with Gasteiger partial charge >= 0.3 is 6.18 Å². The maximum Gasteiger partial charge on any atom is 0.416 e. The number of nitrogens with zero attached hydrogens (tertiary/aromatic N) is 2. The quantitative estimate of drug-likeness (QED) is 0.396. The van der Waals surface area contributed by atoms with Crippen LogP contribution in [0.2, 0.25) is 0 Å². The fourth-order valence-corrected chi connectivity index (χ4v) is 2.31. The standard InChI is InChI=1S/C18H19F3N4O/c1-11(2)17(25-26)10-24-15-7-13(9-23-16(15)8-22)12-4-3-5-14(6-12)18(19,20)21/h3-9,11,22,24,26H,10H2,1-2H3/b22-8?,25-17-. The lowest BCUT2D eigenvalue weighted by Crippen LogP contribution is -2.20. The van der Waals surface area contributed by atoms with Gasteiger partial charge in [-0.3, -0.25) is 4.98 Å². The van der Waals surface area contributed by atoms with Crippen molar-refractivity contribution in [2.45, 2.75) is 20.0 Å². The van der Waals surface area contributed by atoms with E-state index in [9.17, 15) is 13.2 Å². The number of alkyl halides is 3. The predicted octanol–water partition coefficient (Wildman–Crippen LogP) is 4.66. The number of hydrogen-bond acceptors (Lipinski definition) is 5. The minimum Gasteiger partial charge on any atom is -0.411 e. The minimum atomic E-state index is -4.43. The molecule has 1 aromatic heterocycles. The average Bonchev–Trinajstić information content (AvgIpc) is 2.61. The molecule has 1 heterocycles. The van der Waals surface area contributed by atoms with Crippen LogP contribution in [-0.4, -0.2) is 28.7 Å². The fourth-order valence-electron chi connectivity index (χ4n) is 2.31. The predicted molar refractivity (Wildman–Crippen MR) is 95.1 cm³/mol. The number of benzene rings is 1. The van der Waals surface area contributed by atoms with Crippen LogP contribution < -0.4 is 5.32 Å². The lowest BCUT2D eigenvalue weighted by Gasteiger charge is -2.14. The van der Waals surface area contributed by atoms with Crippen LogP contribution in [0.1, 0.15) is 25.1 Å². The molecule has 3 N–H and O–H groups in total. The van der Waals surface area contributed by atoms with Crippen molar-refractivity contribution in [3.63, 3.8) is 0 Å². The van der Waals surface area contributed by atoms with Gasteiger partial charge in [0.1, 0.15) is 5.69 Å². The van der Waals surface area contributed by atoms with Gasteiger partial charge in [0.2, 0.25) is 0 Å². The maximum absolute atomic E-state index is 12.9. The molecule has 0 aliphatic carbocycles. The molecule has 8 heteroatoms. The van der Waals surface area contributed by atoms with Gasteiger partial charge in [0.15, 0.2) is 0 Å². The van der Waals surface area contributed by atoms with Crippen LogP contribution in [0.5, 0.6) is 0 Å². The maximum atomic E-state index is 12.9. The van der Waals surface area contributed by atoms with Gasteiger partial charge in [-0.05, 0) is 29.7 Å². The van der Waals surface area contributed by atoms with Gasteiger partial charge in [-0.25, -0.2) is 0 Å². The van der Waals surface area contributed by atoms with Crippen molar-refractivity contribution < 1.29 is 18.4 Å². The third-order valence-electron chi connectivity index (χ3n) is 3.83. The van der Waals surface area contributed by atoms with E-state index in [1.807, 2.05) is 13.8 Å². The second kappa shape index (κ2) is 7.99. The highest BCUT2D eigenvalue weighted by Crippen LogP contribution is 2.32. The molecule has 0 fully saturated rings. The normalized spacial score (nSPS) is 12.3. The van der Waals surface area contributed by atoms with Gasteiger partial charge in [0.05, 0.1) is 23.5 Å². The first-order valence-corrected chi connectivity index (χ1v) is 7.89. The minimum absolute atomic E-state index is 0.00976. The highest BCUT2D eigenvalue weighted by Gasteiger charge is 2.30. The first-order valence-electron chi connectivity index (χ1n) is 7.89. The summed E-state index contributed by atoms with van der Waals surface area (Å²) in [5.74, 6) is 0.00976. The molecule has 138 valence electrons. The number of pyridine rings is 1. The molecule has 0 spiro atoms. The summed E-state index contributed by atoms with van der Waals surface area (Å²) in [5, 5.41) is 22.7. The lowest BCUT2D eigenvalue weighted by atomic mass is 10.0. The Labute approximate surface area is 149 Å². The van der Waals surface area contributed by atoms with E-state index < -0.39 is 11.7 Å². The van der Waals surface area contributed by atoms with Crippen molar-refractivity contribution in [1.82, 2.24) is 4.98 Å². The van der Waals surface area contributed by atoms with Crippen molar-refractivity contribution in [2.75, 3.05) is 11.9 Å². The smallest absolute Gasteiger partial charge is 0.411 e. The molecular formula is C18H19F3N4O. The molecule has 0 aliphatic rings. The zero-order valence-corrected chi connectivity index (χ0v) is 14.3. The van der Waals surface area contributed by atoms with Crippen LogP contribution in [0.3, 0.4) is 0 Å². The Bertz CT molecular complexity index is 816. The monoisotopic (exact) mass is 364 g/mol. The molecule has 1 aromatic carbocycles. The topological polar surface area (TPSA) is 81.4 Å². The van der Waals surface area contributed by atoms with Gasteiger partial charge in [-0.2, -0.15) is 13.2 Å². The van der Waals surface area contributed by atoms with Crippen molar-refractivity contribution in [1.29, 1.82) is 5.41 Å². The van der Waals surface area contributed by atoms with Gasteiger partial charge in [0, 0.05) is 18.0 Å². The number of halogens is 3. The van der Waals surface area contributed by atoms with Crippen molar-refractivity contribution in [3.05, 3.63) is 47.8 Å². The Morgan fingerprint density at radius 3 is 2.62 bits per heavy atom. The summed E-state index contributed by atoms with van der Waals surface area (Å²) in [4.78, 5) is 4.12. The third kappa shape index (κ3) is 4.59. The number of rotatable bonds is 6. The molecule has 0 atom stereocenters. The van der Waals surface area contributed by atoms with Crippen LogP contribution in [-0.2, 0) is 6.18 Å². The molecule has 0 saturated carbocycles. The average molecular weight is 364 g/mol. The Hall–Kier alpha value is -2.90. The number of nitrogens with one attached hydrogen (secondary N) is 2. The SMILES string of the molecule is CC(C)/C(CNc1cc(-c2cccc(C(F)(F)F)c2)cnc1C=N)=N\O. The summed E-state index contributed by atoms with van der Waals surface area (Å²) < 4.78 is 38.7. The summed E-state index contributed by atoms with van der Waals surface area (Å²) >= 11 is 0. The number of aromatic nitrogens is 1. The second-order valence-electron chi connectivity index (χ2n) is 5.98. The van der Waals surface area contributed by atoms with E-state index in [0.29, 0.717) is 28.2 Å². The number of oxime groups is 1. The lowest BCUT2D eigenvalue weighted by molar-refractivity contribution is -0.137. The van der Waals surface area contributed by atoms with Gasteiger partial charge < -0.3 is 15.9 Å². The van der Waals surface area contributed by atoms with Crippen molar-refractivity contribution in [2.24, 2.45) is 11.1 Å². The van der Waals surface area contributed by atoms with Crippen molar-refractivity contribution in [3.8, 4) is 11.1 Å². The van der Waals surface area contributed by atoms with Gasteiger partial charge in [-0.15, -0.1) is 0 Å². The molecule has 0 unspecified atom stereocenters. The Kier molecular flexibility index (Phi) is 5.97. The number of anilines is 1. The number of hydrogen-bond donors (Lipinski definition) is 3. The summed E-state index contributed by atoms with van der Waals surface area (Å²) in [6, 6.07) is 6.59. The molecular weight excluding hydrogens is 345 g/mol. The van der Waals surface area contributed by atoms with Crippen LogP contribution in [0.4, 0.5) is 18.9 Å². The summed E-state index contributed by atoms with van der Waals surface area (Å²) in [6.45, 7) is 3.96. The molecule has 0 saturated heterocycles. The second-order valence-corrected chi connectivity index (χ2v) is 5.98. The Morgan fingerprint density at radius 2 is 2.04 bits per heavy atom. The van der Waals surface area contributed by atoms with Crippen LogP contribution in [0, 0.1) is 11.3 Å². The van der Waals surface area contributed by atoms with E-state index >= 15 is 0 Å². The van der Waals surface area contributed by atoms with E-state index in [2.05, 4.69) is 15.5 Å². The molecule has 0 bridgehead atoms. The van der Waals surface area contributed by atoms with Crippen LogP contribution in [0.25, 0.3) is 11.1 Å². The third-order valence-corrected chi connectivity index (χ3v) is 3.83. The first-order chi connectivity index (χ1) is 12.3. The van der Waals surface area contributed by atoms with E-state index in [-0.39, 0.29) is 12.5 Å².